The van der Waals surface area contributed by atoms with Crippen LogP contribution in [0, 0.1) is 5.41 Å². The van der Waals surface area contributed by atoms with Crippen molar-refractivity contribution in [1.82, 2.24) is 5.32 Å². The van der Waals surface area contributed by atoms with Crippen LogP contribution >= 0.6 is 27.5 Å². The minimum absolute atomic E-state index is 0.486. The van der Waals surface area contributed by atoms with Crippen molar-refractivity contribution >= 4 is 27.5 Å². The second kappa shape index (κ2) is 6.40. The van der Waals surface area contributed by atoms with Crippen molar-refractivity contribution in [3.05, 3.63) is 33.3 Å². The number of benzene rings is 1. The molecule has 1 aromatic carbocycles. The van der Waals surface area contributed by atoms with E-state index in [0.717, 1.165) is 22.6 Å². The molecule has 0 amide bonds. The highest BCUT2D eigenvalue weighted by Gasteiger charge is 2.25. The maximum Gasteiger partial charge on any atom is 0.0462 e. The number of hydrogen-bond donors (Lipinski definition) is 1. The van der Waals surface area contributed by atoms with E-state index in [2.05, 4.69) is 34.2 Å². The first-order valence-corrected chi connectivity index (χ1v) is 7.91. The fourth-order valence-electron chi connectivity index (χ4n) is 2.75. The molecule has 1 N–H and O–H groups in total. The summed E-state index contributed by atoms with van der Waals surface area (Å²) in [5.74, 6) is 0. The number of hydrogen-bond acceptors (Lipinski definition) is 1. The summed E-state index contributed by atoms with van der Waals surface area (Å²) in [6, 6.07) is 6.09. The van der Waals surface area contributed by atoms with Crippen LogP contribution in [0.2, 0.25) is 5.02 Å². The van der Waals surface area contributed by atoms with Gasteiger partial charge < -0.3 is 5.32 Å². The van der Waals surface area contributed by atoms with Crippen LogP contribution in [0.15, 0.2) is 22.7 Å². The van der Waals surface area contributed by atoms with Crippen molar-refractivity contribution in [2.45, 2.75) is 45.6 Å². The molecule has 0 atom stereocenters. The molecule has 1 aliphatic rings. The van der Waals surface area contributed by atoms with Gasteiger partial charge in [-0.3, -0.25) is 0 Å². The van der Waals surface area contributed by atoms with Crippen LogP contribution in [0.3, 0.4) is 0 Å². The van der Waals surface area contributed by atoms with E-state index in [1.165, 1.54) is 37.7 Å². The Bertz CT molecular complexity index is 399. The SMILES string of the molecule is CC1(CNCc2ccc(Br)cc2Cl)CCCCC1. The van der Waals surface area contributed by atoms with Crippen molar-refractivity contribution in [2.24, 2.45) is 5.41 Å². The van der Waals surface area contributed by atoms with Gasteiger partial charge in [-0.25, -0.2) is 0 Å². The molecule has 0 radical (unpaired) electrons. The normalized spacial score (nSPS) is 18.8. The van der Waals surface area contributed by atoms with Crippen molar-refractivity contribution in [3.8, 4) is 0 Å². The van der Waals surface area contributed by atoms with Crippen molar-refractivity contribution < 1.29 is 0 Å². The van der Waals surface area contributed by atoms with Crippen molar-refractivity contribution in [3.63, 3.8) is 0 Å². The first kappa shape index (κ1) is 14.4. The van der Waals surface area contributed by atoms with E-state index in [0.29, 0.717) is 5.41 Å². The van der Waals surface area contributed by atoms with E-state index in [1.807, 2.05) is 12.1 Å². The quantitative estimate of drug-likeness (QED) is 0.803. The van der Waals surface area contributed by atoms with Crippen LogP contribution in [0.4, 0.5) is 0 Å². The molecule has 0 spiro atoms. The average molecular weight is 331 g/mol. The van der Waals surface area contributed by atoms with Gasteiger partial charge in [0, 0.05) is 22.6 Å². The lowest BCUT2D eigenvalue weighted by molar-refractivity contribution is 0.207. The molecule has 0 aromatic heterocycles. The Balaban J connectivity index is 1.84. The molecule has 0 heterocycles. The highest BCUT2D eigenvalue weighted by atomic mass is 79.9. The van der Waals surface area contributed by atoms with Gasteiger partial charge in [0.05, 0.1) is 0 Å². The van der Waals surface area contributed by atoms with Crippen LogP contribution in [0.25, 0.3) is 0 Å². The maximum atomic E-state index is 6.22. The highest BCUT2D eigenvalue weighted by molar-refractivity contribution is 9.10. The third kappa shape index (κ3) is 3.97. The summed E-state index contributed by atoms with van der Waals surface area (Å²) in [5.41, 5.74) is 1.67. The monoisotopic (exact) mass is 329 g/mol. The number of halogens is 2. The first-order valence-electron chi connectivity index (χ1n) is 6.74. The fraction of sp³-hybridized carbons (Fsp3) is 0.600. The Morgan fingerprint density at radius 2 is 2.00 bits per heavy atom. The molecule has 0 saturated heterocycles. The lowest BCUT2D eigenvalue weighted by Crippen LogP contribution is -2.33. The highest BCUT2D eigenvalue weighted by Crippen LogP contribution is 2.35. The van der Waals surface area contributed by atoms with Crippen LogP contribution in [-0.4, -0.2) is 6.54 Å². The third-order valence-electron chi connectivity index (χ3n) is 3.94. The summed E-state index contributed by atoms with van der Waals surface area (Å²) in [6.45, 7) is 4.36. The number of rotatable bonds is 4. The second-order valence-electron chi connectivity index (χ2n) is 5.71. The molecular weight excluding hydrogens is 310 g/mol. The summed E-state index contributed by atoms with van der Waals surface area (Å²) in [6.07, 6.45) is 6.89. The van der Waals surface area contributed by atoms with Gasteiger partial charge in [0.2, 0.25) is 0 Å². The van der Waals surface area contributed by atoms with Crippen molar-refractivity contribution in [2.75, 3.05) is 6.54 Å². The third-order valence-corrected chi connectivity index (χ3v) is 4.79. The zero-order valence-electron chi connectivity index (χ0n) is 10.9. The molecule has 1 nitrogen and oxygen atoms in total. The molecule has 100 valence electrons. The van der Waals surface area contributed by atoms with Gasteiger partial charge >= 0.3 is 0 Å². The molecule has 3 heteroatoms. The zero-order valence-corrected chi connectivity index (χ0v) is 13.3. The first-order chi connectivity index (χ1) is 8.59. The van der Waals surface area contributed by atoms with E-state index in [1.54, 1.807) is 0 Å². The standard InChI is InChI=1S/C15H21BrClN/c1-15(7-3-2-4-8-15)11-18-10-12-5-6-13(16)9-14(12)17/h5-6,9,18H,2-4,7-8,10-11H2,1H3. The predicted octanol–water partition coefficient (Wildman–Crippen LogP) is 5.16. The van der Waals surface area contributed by atoms with Gasteiger partial charge in [0.15, 0.2) is 0 Å². The minimum Gasteiger partial charge on any atom is -0.312 e. The summed E-state index contributed by atoms with van der Waals surface area (Å²) in [7, 11) is 0. The van der Waals surface area contributed by atoms with E-state index in [9.17, 15) is 0 Å². The predicted molar refractivity (Wildman–Crippen MR) is 82.1 cm³/mol. The zero-order chi connectivity index (χ0) is 13.0. The molecular formula is C15H21BrClN. The molecule has 2 rings (SSSR count). The van der Waals surface area contributed by atoms with Gasteiger partial charge in [-0.15, -0.1) is 0 Å². The maximum absolute atomic E-state index is 6.22. The lowest BCUT2D eigenvalue weighted by atomic mass is 9.76. The summed E-state index contributed by atoms with van der Waals surface area (Å²) in [5, 5.41) is 4.41. The van der Waals surface area contributed by atoms with Gasteiger partial charge in [-0.05, 0) is 36.0 Å². The van der Waals surface area contributed by atoms with Crippen LogP contribution < -0.4 is 5.32 Å². The molecule has 0 aliphatic heterocycles. The lowest BCUT2D eigenvalue weighted by Gasteiger charge is -2.33. The Morgan fingerprint density at radius 1 is 1.28 bits per heavy atom. The van der Waals surface area contributed by atoms with E-state index >= 15 is 0 Å². The largest absolute Gasteiger partial charge is 0.312 e. The molecule has 18 heavy (non-hydrogen) atoms. The number of nitrogens with one attached hydrogen (secondary N) is 1. The van der Waals surface area contributed by atoms with E-state index < -0.39 is 0 Å². The average Bonchev–Trinajstić information content (AvgIpc) is 2.33. The summed E-state index contributed by atoms with van der Waals surface area (Å²) in [4.78, 5) is 0. The molecule has 0 bridgehead atoms. The minimum atomic E-state index is 0.486. The van der Waals surface area contributed by atoms with Crippen LogP contribution in [-0.2, 0) is 6.54 Å². The van der Waals surface area contributed by atoms with Gasteiger partial charge in [-0.1, -0.05) is 59.8 Å². The summed E-state index contributed by atoms with van der Waals surface area (Å²) >= 11 is 9.65. The smallest absolute Gasteiger partial charge is 0.0462 e. The molecule has 1 fully saturated rings. The Kier molecular flexibility index (Phi) is 5.11. The Labute approximate surface area is 123 Å². The van der Waals surface area contributed by atoms with Crippen LogP contribution in [0.5, 0.6) is 0 Å². The molecule has 0 unspecified atom stereocenters. The van der Waals surface area contributed by atoms with Crippen LogP contribution in [0.1, 0.15) is 44.6 Å². The topological polar surface area (TPSA) is 12.0 Å². The van der Waals surface area contributed by atoms with Gasteiger partial charge in [0.1, 0.15) is 0 Å². The Hall–Kier alpha value is -0.0500. The second-order valence-corrected chi connectivity index (χ2v) is 7.03. The molecule has 1 aliphatic carbocycles. The van der Waals surface area contributed by atoms with Gasteiger partial charge in [-0.2, -0.15) is 0 Å². The van der Waals surface area contributed by atoms with E-state index in [-0.39, 0.29) is 0 Å². The molecule has 1 saturated carbocycles. The summed E-state index contributed by atoms with van der Waals surface area (Å²) < 4.78 is 1.04. The van der Waals surface area contributed by atoms with Gasteiger partial charge in [0.25, 0.3) is 0 Å². The Morgan fingerprint density at radius 3 is 2.67 bits per heavy atom. The van der Waals surface area contributed by atoms with Crippen molar-refractivity contribution in [1.29, 1.82) is 0 Å². The van der Waals surface area contributed by atoms with E-state index in [4.69, 9.17) is 11.6 Å². The fourth-order valence-corrected chi connectivity index (χ4v) is 3.49. The molecule has 1 aromatic rings.